The molecule has 0 saturated heterocycles. The molecule has 2 nitrogen and oxygen atoms in total. The van der Waals surface area contributed by atoms with Crippen molar-refractivity contribution in [2.75, 3.05) is 6.54 Å². The molecule has 2 rings (SSSR count). The number of hydrogen-bond acceptors (Lipinski definition) is 2. The van der Waals surface area contributed by atoms with Crippen molar-refractivity contribution in [1.29, 1.82) is 0 Å². The van der Waals surface area contributed by atoms with Crippen molar-refractivity contribution in [2.45, 2.75) is 97.2 Å². The summed E-state index contributed by atoms with van der Waals surface area (Å²) in [5, 5.41) is 0. The van der Waals surface area contributed by atoms with Crippen molar-refractivity contribution in [2.24, 2.45) is 0 Å². The molecule has 0 aromatic heterocycles. The molecular formula is C22H37NO. The summed E-state index contributed by atoms with van der Waals surface area (Å²) in [5.74, 6) is 1.04. The van der Waals surface area contributed by atoms with Crippen LogP contribution < -0.4 is 4.74 Å². The Kier molecular flexibility index (Phi) is 6.74. The van der Waals surface area contributed by atoms with Gasteiger partial charge in [0.05, 0.1) is 0 Å². The minimum absolute atomic E-state index is 0.0134. The predicted molar refractivity (Wildman–Crippen MR) is 103 cm³/mol. The standard InChI is InChI=1S/C22H37NO/c1-6-7-8-9-10-11-12-15-18-23-21(2,3)19-16-13-14-17-20(19)24-22(23,4)5/h13-14,16-17H,6-12,15,18H2,1-5H3. The number of ether oxygens (including phenoxy) is 1. The molecule has 1 aliphatic heterocycles. The third kappa shape index (κ3) is 4.53. The fourth-order valence-electron chi connectivity index (χ4n) is 4.16. The smallest absolute Gasteiger partial charge is 0.158 e. The van der Waals surface area contributed by atoms with Gasteiger partial charge in [-0.2, -0.15) is 0 Å². The number of hydrogen-bond donors (Lipinski definition) is 0. The lowest BCUT2D eigenvalue weighted by atomic mass is 9.87. The third-order valence-corrected chi connectivity index (χ3v) is 5.47. The van der Waals surface area contributed by atoms with E-state index in [1.165, 1.54) is 56.9 Å². The molecule has 1 aliphatic rings. The molecule has 0 atom stereocenters. The average molecular weight is 332 g/mol. The predicted octanol–water partition coefficient (Wildman–Crippen LogP) is 6.49. The van der Waals surface area contributed by atoms with Gasteiger partial charge in [-0.1, -0.05) is 70.1 Å². The second-order valence-electron chi connectivity index (χ2n) is 8.23. The Hall–Kier alpha value is -1.02. The Labute approximate surface area is 149 Å². The van der Waals surface area contributed by atoms with E-state index in [0.717, 1.165) is 12.3 Å². The van der Waals surface area contributed by atoms with Gasteiger partial charge in [0.1, 0.15) is 5.75 Å². The Morgan fingerprint density at radius 2 is 1.42 bits per heavy atom. The first-order valence-electron chi connectivity index (χ1n) is 9.96. The summed E-state index contributed by atoms with van der Waals surface area (Å²) in [7, 11) is 0. The molecule has 0 radical (unpaired) electrons. The Morgan fingerprint density at radius 1 is 0.833 bits per heavy atom. The van der Waals surface area contributed by atoms with E-state index < -0.39 is 0 Å². The SMILES string of the molecule is CCCCCCCCCCN1C(C)(C)Oc2ccccc2C1(C)C. The third-order valence-electron chi connectivity index (χ3n) is 5.47. The van der Waals surface area contributed by atoms with Gasteiger partial charge in [-0.05, 0) is 40.2 Å². The molecule has 1 aromatic rings. The lowest BCUT2D eigenvalue weighted by Gasteiger charge is -2.53. The van der Waals surface area contributed by atoms with E-state index in [4.69, 9.17) is 4.74 Å². The number of fused-ring (bicyclic) bond motifs is 1. The van der Waals surface area contributed by atoms with Crippen molar-refractivity contribution in [3.8, 4) is 5.75 Å². The van der Waals surface area contributed by atoms with Crippen molar-refractivity contribution in [3.05, 3.63) is 29.8 Å². The van der Waals surface area contributed by atoms with Gasteiger partial charge in [-0.15, -0.1) is 0 Å². The van der Waals surface area contributed by atoms with E-state index in [1.54, 1.807) is 0 Å². The first-order chi connectivity index (χ1) is 11.4. The van der Waals surface area contributed by atoms with Crippen LogP contribution >= 0.6 is 0 Å². The van der Waals surface area contributed by atoms with Gasteiger partial charge in [0.15, 0.2) is 5.72 Å². The molecule has 0 saturated carbocycles. The number of nitrogens with zero attached hydrogens (tertiary/aromatic N) is 1. The van der Waals surface area contributed by atoms with Crippen LogP contribution in [-0.4, -0.2) is 17.2 Å². The monoisotopic (exact) mass is 331 g/mol. The Morgan fingerprint density at radius 3 is 2.08 bits per heavy atom. The van der Waals surface area contributed by atoms with E-state index in [9.17, 15) is 0 Å². The van der Waals surface area contributed by atoms with Gasteiger partial charge >= 0.3 is 0 Å². The molecule has 136 valence electrons. The van der Waals surface area contributed by atoms with Gasteiger partial charge in [-0.25, -0.2) is 0 Å². The molecule has 0 fully saturated rings. The molecule has 0 aliphatic carbocycles. The molecule has 0 spiro atoms. The molecule has 0 N–H and O–H groups in total. The molecular weight excluding hydrogens is 294 g/mol. The highest BCUT2D eigenvalue weighted by atomic mass is 16.5. The lowest BCUT2D eigenvalue weighted by Crippen LogP contribution is -2.60. The van der Waals surface area contributed by atoms with Crippen molar-refractivity contribution >= 4 is 0 Å². The topological polar surface area (TPSA) is 12.5 Å². The zero-order valence-corrected chi connectivity index (χ0v) is 16.5. The van der Waals surface area contributed by atoms with E-state index in [1.807, 2.05) is 0 Å². The van der Waals surface area contributed by atoms with Gasteiger partial charge in [0, 0.05) is 17.6 Å². The van der Waals surface area contributed by atoms with Gasteiger partial charge in [0.25, 0.3) is 0 Å². The van der Waals surface area contributed by atoms with Crippen LogP contribution in [-0.2, 0) is 5.54 Å². The molecule has 0 amide bonds. The van der Waals surface area contributed by atoms with E-state index >= 15 is 0 Å². The van der Waals surface area contributed by atoms with Crippen LogP contribution in [0.15, 0.2) is 24.3 Å². The highest BCUT2D eigenvalue weighted by Gasteiger charge is 2.45. The van der Waals surface area contributed by atoms with E-state index in [0.29, 0.717) is 0 Å². The van der Waals surface area contributed by atoms with Crippen LogP contribution in [0.3, 0.4) is 0 Å². The molecule has 24 heavy (non-hydrogen) atoms. The summed E-state index contributed by atoms with van der Waals surface area (Å²) in [6, 6.07) is 8.51. The summed E-state index contributed by atoms with van der Waals surface area (Å²) in [6.07, 6.45) is 10.9. The summed E-state index contributed by atoms with van der Waals surface area (Å²) >= 11 is 0. The van der Waals surface area contributed by atoms with Crippen LogP contribution in [0, 0.1) is 0 Å². The lowest BCUT2D eigenvalue weighted by molar-refractivity contribution is -0.131. The van der Waals surface area contributed by atoms with Gasteiger partial charge in [0.2, 0.25) is 0 Å². The summed E-state index contributed by atoms with van der Waals surface area (Å²) < 4.78 is 6.32. The molecule has 1 aromatic carbocycles. The van der Waals surface area contributed by atoms with Crippen molar-refractivity contribution < 1.29 is 4.74 Å². The second kappa shape index (κ2) is 8.38. The van der Waals surface area contributed by atoms with Crippen molar-refractivity contribution in [3.63, 3.8) is 0 Å². The van der Waals surface area contributed by atoms with E-state index in [-0.39, 0.29) is 11.3 Å². The maximum Gasteiger partial charge on any atom is 0.158 e. The highest BCUT2D eigenvalue weighted by Crippen LogP contribution is 2.44. The molecule has 2 heteroatoms. The van der Waals surface area contributed by atoms with Crippen LogP contribution in [0.4, 0.5) is 0 Å². The summed E-state index contributed by atoms with van der Waals surface area (Å²) in [4.78, 5) is 2.54. The first kappa shape index (κ1) is 19.3. The number of para-hydroxylation sites is 1. The fourth-order valence-corrected chi connectivity index (χ4v) is 4.16. The summed E-state index contributed by atoms with van der Waals surface area (Å²) in [5.41, 5.74) is 1.07. The van der Waals surface area contributed by atoms with Crippen molar-refractivity contribution in [1.82, 2.24) is 4.90 Å². The number of unbranched alkanes of at least 4 members (excludes halogenated alkanes) is 7. The minimum atomic E-state index is -0.251. The highest BCUT2D eigenvalue weighted by molar-refractivity contribution is 5.41. The van der Waals surface area contributed by atoms with Crippen LogP contribution in [0.5, 0.6) is 5.75 Å². The van der Waals surface area contributed by atoms with Crippen LogP contribution in [0.2, 0.25) is 0 Å². The number of benzene rings is 1. The Bertz CT molecular complexity index is 506. The molecule has 0 unspecified atom stereocenters. The first-order valence-corrected chi connectivity index (χ1v) is 9.96. The largest absolute Gasteiger partial charge is 0.473 e. The maximum absolute atomic E-state index is 6.32. The Balaban J connectivity index is 1.87. The maximum atomic E-state index is 6.32. The fraction of sp³-hybridized carbons (Fsp3) is 0.727. The van der Waals surface area contributed by atoms with Gasteiger partial charge in [-0.3, -0.25) is 4.90 Å². The normalized spacial score (nSPS) is 18.9. The molecule has 1 heterocycles. The second-order valence-corrected chi connectivity index (χ2v) is 8.23. The minimum Gasteiger partial charge on any atom is -0.473 e. The van der Waals surface area contributed by atoms with Crippen LogP contribution in [0.1, 0.15) is 91.5 Å². The van der Waals surface area contributed by atoms with E-state index in [2.05, 4.69) is 63.8 Å². The number of rotatable bonds is 9. The summed E-state index contributed by atoms with van der Waals surface area (Å²) in [6.45, 7) is 12.5. The zero-order chi connectivity index (χ0) is 17.6. The average Bonchev–Trinajstić information content (AvgIpc) is 2.52. The van der Waals surface area contributed by atoms with Gasteiger partial charge < -0.3 is 4.74 Å². The van der Waals surface area contributed by atoms with Crippen LogP contribution in [0.25, 0.3) is 0 Å². The quantitative estimate of drug-likeness (QED) is 0.479. The molecule has 0 bridgehead atoms. The zero-order valence-electron chi connectivity index (χ0n) is 16.5.